The first-order valence-corrected chi connectivity index (χ1v) is 8.59. The predicted molar refractivity (Wildman–Crippen MR) is 106 cm³/mol. The lowest BCUT2D eigenvalue weighted by Crippen LogP contribution is -2.17. The number of rotatable bonds is 6. The van der Waals surface area contributed by atoms with Crippen molar-refractivity contribution in [2.75, 3.05) is 25.5 Å². The minimum absolute atomic E-state index is 0.673. The average molecular weight is 344 g/mol. The summed E-state index contributed by atoms with van der Waals surface area (Å²) < 4.78 is 0. The van der Waals surface area contributed by atoms with Crippen LogP contribution in [-0.2, 0) is 6.54 Å². The number of aliphatic imine (C=N–C) groups is 1. The van der Waals surface area contributed by atoms with Gasteiger partial charge in [-0.05, 0) is 44.0 Å². The van der Waals surface area contributed by atoms with Crippen LogP contribution < -0.4 is 4.90 Å². The third-order valence-corrected chi connectivity index (χ3v) is 4.41. The van der Waals surface area contributed by atoms with Gasteiger partial charge in [0.15, 0.2) is 0 Å². The molecular weight excluding hydrogens is 318 g/mol. The highest BCUT2D eigenvalue weighted by molar-refractivity contribution is 6.33. The van der Waals surface area contributed by atoms with E-state index in [2.05, 4.69) is 62.0 Å². The molecule has 24 heavy (non-hydrogen) atoms. The summed E-state index contributed by atoms with van der Waals surface area (Å²) in [4.78, 5) is 8.72. The van der Waals surface area contributed by atoms with Crippen LogP contribution in [0.25, 0.3) is 0 Å². The summed E-state index contributed by atoms with van der Waals surface area (Å²) in [7, 11) is 4.08. The van der Waals surface area contributed by atoms with Crippen molar-refractivity contribution >= 4 is 29.3 Å². The number of hydrogen-bond donors (Lipinski definition) is 0. The van der Waals surface area contributed by atoms with E-state index in [1.165, 1.54) is 16.7 Å². The van der Waals surface area contributed by atoms with E-state index in [0.717, 1.165) is 24.5 Å². The van der Waals surface area contributed by atoms with Crippen LogP contribution in [0.1, 0.15) is 23.6 Å². The minimum atomic E-state index is 0.673. The lowest BCUT2D eigenvalue weighted by molar-refractivity contribution is 0.552. The highest BCUT2D eigenvalue weighted by Crippen LogP contribution is 2.33. The van der Waals surface area contributed by atoms with Gasteiger partial charge < -0.3 is 9.80 Å². The van der Waals surface area contributed by atoms with Gasteiger partial charge in [-0.15, -0.1) is 0 Å². The second-order valence-electron chi connectivity index (χ2n) is 6.25. The number of halogens is 1. The summed E-state index contributed by atoms with van der Waals surface area (Å²) in [5.74, 6) is 0. The first kappa shape index (κ1) is 18.3. The Hall–Kier alpha value is -2.00. The fourth-order valence-electron chi connectivity index (χ4n) is 2.46. The first-order chi connectivity index (χ1) is 11.4. The van der Waals surface area contributed by atoms with Crippen LogP contribution in [0.3, 0.4) is 0 Å². The molecule has 0 saturated heterocycles. The maximum atomic E-state index is 6.44. The van der Waals surface area contributed by atoms with Crippen molar-refractivity contribution in [2.24, 2.45) is 4.99 Å². The molecule has 0 atom stereocenters. The Kier molecular flexibility index (Phi) is 6.27. The summed E-state index contributed by atoms with van der Waals surface area (Å²) in [5.41, 5.74) is 5.66. The largest absolute Gasteiger partial charge is 0.370 e. The third-order valence-electron chi connectivity index (χ3n) is 4.11. The first-order valence-electron chi connectivity index (χ1n) is 8.22. The van der Waals surface area contributed by atoms with Crippen LogP contribution in [0, 0.1) is 13.8 Å². The summed E-state index contributed by atoms with van der Waals surface area (Å²) >= 11 is 6.44. The molecule has 0 spiro atoms. The topological polar surface area (TPSA) is 18.8 Å². The summed E-state index contributed by atoms with van der Waals surface area (Å²) in [6.07, 6.45) is 1.82. The van der Waals surface area contributed by atoms with Gasteiger partial charge in [-0.25, -0.2) is 4.99 Å². The molecule has 0 amide bonds. The molecular formula is C20H26ClN3. The van der Waals surface area contributed by atoms with E-state index in [4.69, 9.17) is 11.6 Å². The molecule has 2 aromatic carbocycles. The zero-order valence-electron chi connectivity index (χ0n) is 15.2. The van der Waals surface area contributed by atoms with Crippen LogP contribution in [0.2, 0.25) is 5.02 Å². The molecule has 128 valence electrons. The Bertz CT molecular complexity index is 708. The Morgan fingerprint density at radius 3 is 2.38 bits per heavy atom. The Labute approximate surface area is 150 Å². The second kappa shape index (κ2) is 8.20. The smallest absolute Gasteiger partial charge is 0.0910 e. The monoisotopic (exact) mass is 343 g/mol. The lowest BCUT2D eigenvalue weighted by Gasteiger charge is -2.22. The summed E-state index contributed by atoms with van der Waals surface area (Å²) in [5, 5.41) is 0.673. The fourth-order valence-corrected chi connectivity index (χ4v) is 2.67. The third kappa shape index (κ3) is 4.75. The van der Waals surface area contributed by atoms with Crippen LogP contribution in [0.4, 0.5) is 11.4 Å². The van der Waals surface area contributed by atoms with E-state index >= 15 is 0 Å². The molecule has 0 N–H and O–H groups in total. The molecule has 2 aromatic rings. The molecule has 0 aliphatic carbocycles. The molecule has 2 rings (SSSR count). The van der Waals surface area contributed by atoms with Gasteiger partial charge in [0.05, 0.1) is 17.0 Å². The molecule has 0 aromatic heterocycles. The van der Waals surface area contributed by atoms with Gasteiger partial charge in [-0.2, -0.15) is 0 Å². The van der Waals surface area contributed by atoms with Crippen molar-refractivity contribution in [1.29, 1.82) is 0 Å². The van der Waals surface area contributed by atoms with Crippen molar-refractivity contribution in [3.8, 4) is 0 Å². The quantitative estimate of drug-likeness (QED) is 0.530. The van der Waals surface area contributed by atoms with Gasteiger partial charge in [0.25, 0.3) is 0 Å². The van der Waals surface area contributed by atoms with Gasteiger partial charge in [-0.1, -0.05) is 41.4 Å². The molecule has 0 unspecified atom stereocenters. The minimum Gasteiger partial charge on any atom is -0.370 e. The van der Waals surface area contributed by atoms with Gasteiger partial charge in [0.1, 0.15) is 0 Å². The number of hydrogen-bond acceptors (Lipinski definition) is 2. The maximum absolute atomic E-state index is 6.44. The van der Waals surface area contributed by atoms with Crippen LogP contribution >= 0.6 is 11.6 Å². The molecule has 0 saturated carbocycles. The van der Waals surface area contributed by atoms with Crippen molar-refractivity contribution < 1.29 is 0 Å². The van der Waals surface area contributed by atoms with E-state index in [1.54, 1.807) is 0 Å². The summed E-state index contributed by atoms with van der Waals surface area (Å²) in [6.45, 7) is 8.05. The van der Waals surface area contributed by atoms with Gasteiger partial charge in [0, 0.05) is 32.9 Å². The Morgan fingerprint density at radius 2 is 1.75 bits per heavy atom. The Balaban J connectivity index is 2.19. The van der Waals surface area contributed by atoms with E-state index in [-0.39, 0.29) is 0 Å². The molecule has 0 radical (unpaired) electrons. The number of anilines is 1. The van der Waals surface area contributed by atoms with Crippen molar-refractivity contribution in [3.63, 3.8) is 0 Å². The molecule has 0 aliphatic heterocycles. The second-order valence-corrected chi connectivity index (χ2v) is 6.66. The fraction of sp³-hybridized carbons (Fsp3) is 0.350. The lowest BCUT2D eigenvalue weighted by atomic mass is 10.1. The molecule has 0 aliphatic rings. The zero-order valence-corrected chi connectivity index (χ0v) is 15.9. The van der Waals surface area contributed by atoms with Crippen LogP contribution in [-0.4, -0.2) is 31.9 Å². The van der Waals surface area contributed by atoms with Crippen LogP contribution in [0.15, 0.2) is 41.4 Å². The van der Waals surface area contributed by atoms with Crippen molar-refractivity contribution in [3.05, 3.63) is 58.1 Å². The van der Waals surface area contributed by atoms with Crippen molar-refractivity contribution in [1.82, 2.24) is 4.90 Å². The molecule has 0 bridgehead atoms. The predicted octanol–water partition coefficient (Wildman–Crippen LogP) is 5.20. The number of benzene rings is 2. The van der Waals surface area contributed by atoms with Gasteiger partial charge in [-0.3, -0.25) is 0 Å². The Morgan fingerprint density at radius 1 is 1.08 bits per heavy atom. The number of nitrogens with zero attached hydrogens (tertiary/aromatic N) is 3. The van der Waals surface area contributed by atoms with E-state index in [1.807, 2.05) is 30.4 Å². The van der Waals surface area contributed by atoms with E-state index in [9.17, 15) is 0 Å². The molecule has 0 heterocycles. The summed E-state index contributed by atoms with van der Waals surface area (Å²) in [6, 6.07) is 12.7. The highest BCUT2D eigenvalue weighted by Gasteiger charge is 2.10. The maximum Gasteiger partial charge on any atom is 0.0910 e. The van der Waals surface area contributed by atoms with E-state index < -0.39 is 0 Å². The highest BCUT2D eigenvalue weighted by atomic mass is 35.5. The van der Waals surface area contributed by atoms with Crippen molar-refractivity contribution in [2.45, 2.75) is 27.3 Å². The zero-order chi connectivity index (χ0) is 17.7. The normalized spacial score (nSPS) is 11.1. The number of aryl methyl sites for hydroxylation is 2. The average Bonchev–Trinajstić information content (AvgIpc) is 2.56. The van der Waals surface area contributed by atoms with Gasteiger partial charge >= 0.3 is 0 Å². The van der Waals surface area contributed by atoms with Gasteiger partial charge in [0.2, 0.25) is 0 Å². The SMILES string of the molecule is CCN(C)/C=N\c1cc(C)c(N(C)Cc2ccc(C)cc2)cc1Cl. The van der Waals surface area contributed by atoms with E-state index in [0.29, 0.717) is 5.02 Å². The molecule has 3 nitrogen and oxygen atoms in total. The molecule has 0 fully saturated rings. The van der Waals surface area contributed by atoms with Crippen LogP contribution in [0.5, 0.6) is 0 Å². The standard InChI is InChI=1S/C20H26ClN3/c1-6-23(4)14-22-19-11-16(3)20(12-18(19)21)24(5)13-17-9-7-15(2)8-10-17/h7-12,14H,6,13H2,1-5H3/b22-14-. The molecule has 4 heteroatoms.